The van der Waals surface area contributed by atoms with E-state index in [9.17, 15) is 15.1 Å². The van der Waals surface area contributed by atoms with Gasteiger partial charge < -0.3 is 19.3 Å². The van der Waals surface area contributed by atoms with E-state index < -0.39 is 12.2 Å². The third-order valence-electron chi connectivity index (χ3n) is 2.36. The van der Waals surface area contributed by atoms with Crippen LogP contribution in [0.1, 0.15) is 0 Å². The van der Waals surface area contributed by atoms with Crippen molar-refractivity contribution in [2.24, 2.45) is 0 Å². The molecule has 2 rings (SSSR count). The van der Waals surface area contributed by atoms with Crippen molar-refractivity contribution in [2.75, 3.05) is 19.3 Å². The van der Waals surface area contributed by atoms with E-state index >= 15 is 0 Å². The molecule has 0 bridgehead atoms. The van der Waals surface area contributed by atoms with Crippen LogP contribution in [0.5, 0.6) is 17.2 Å². The van der Waals surface area contributed by atoms with Crippen LogP contribution >= 0.6 is 0 Å². The predicted octanol–water partition coefficient (Wildman–Crippen LogP) is 0.137. The summed E-state index contributed by atoms with van der Waals surface area (Å²) < 4.78 is 15.1. The van der Waals surface area contributed by atoms with E-state index in [2.05, 4.69) is 0 Å². The molecule has 1 aromatic carbocycles. The maximum atomic E-state index is 11.3. The molecule has 1 aliphatic heterocycles. The number of hydroxylamine groups is 1. The van der Waals surface area contributed by atoms with Crippen LogP contribution in [-0.4, -0.2) is 36.7 Å². The summed E-state index contributed by atoms with van der Waals surface area (Å²) in [5.41, 5.74) is 0.0814. The van der Waals surface area contributed by atoms with Gasteiger partial charge in [-0.25, -0.2) is 0 Å². The first-order chi connectivity index (χ1) is 8.10. The Balaban J connectivity index is 2.59. The highest BCUT2D eigenvalue weighted by atomic mass is 16.6. The minimum absolute atomic E-state index is 0.0430. The summed E-state index contributed by atoms with van der Waals surface area (Å²) in [4.78, 5) is 11.3. The summed E-state index contributed by atoms with van der Waals surface area (Å²) in [7, 11) is 2.82. The van der Waals surface area contributed by atoms with Gasteiger partial charge in [0.1, 0.15) is 5.69 Å². The van der Waals surface area contributed by atoms with Gasteiger partial charge in [0.2, 0.25) is 5.75 Å². The fraction of sp³-hybridized carbons (Fsp3) is 0.300. The number of amides is 1. The molecule has 17 heavy (non-hydrogen) atoms. The molecule has 0 aliphatic carbocycles. The zero-order valence-corrected chi connectivity index (χ0v) is 9.21. The summed E-state index contributed by atoms with van der Waals surface area (Å²) in [6, 6.07) is 2.93. The number of hydrogen-bond acceptors (Lipinski definition) is 6. The first-order valence-electron chi connectivity index (χ1n) is 4.72. The first-order valence-corrected chi connectivity index (χ1v) is 4.72. The Morgan fingerprint density at radius 2 is 2.06 bits per heavy atom. The van der Waals surface area contributed by atoms with E-state index in [1.165, 1.54) is 26.4 Å². The maximum absolute atomic E-state index is 11.3. The number of ether oxygens (including phenoxy) is 3. The Morgan fingerprint density at radius 1 is 1.35 bits per heavy atom. The molecule has 1 aromatic rings. The Hall–Kier alpha value is -1.99. The molecule has 92 valence electrons. The third-order valence-corrected chi connectivity index (χ3v) is 2.36. The van der Waals surface area contributed by atoms with Crippen LogP contribution < -0.4 is 19.3 Å². The number of carbonyl (C=O) groups is 1. The lowest BCUT2D eigenvalue weighted by molar-refractivity contribution is -0.148. The zero-order chi connectivity index (χ0) is 12.6. The van der Waals surface area contributed by atoms with E-state index in [0.29, 0.717) is 10.8 Å². The number of aliphatic hydroxyl groups is 1. The van der Waals surface area contributed by atoms with Gasteiger partial charge in [-0.15, -0.1) is 0 Å². The van der Waals surface area contributed by atoms with E-state index in [4.69, 9.17) is 14.2 Å². The van der Waals surface area contributed by atoms with Crippen molar-refractivity contribution in [1.29, 1.82) is 0 Å². The number of anilines is 1. The number of aliphatic hydroxyl groups excluding tert-OH is 1. The minimum Gasteiger partial charge on any atom is -0.493 e. The van der Waals surface area contributed by atoms with Gasteiger partial charge in [0, 0.05) is 0 Å². The fourth-order valence-electron chi connectivity index (χ4n) is 1.55. The highest BCUT2D eigenvalue weighted by Crippen LogP contribution is 2.46. The van der Waals surface area contributed by atoms with Crippen molar-refractivity contribution in [2.45, 2.75) is 6.29 Å². The Bertz CT molecular complexity index is 460. The number of carbonyl (C=O) groups excluding carboxylic acids is 1. The topological polar surface area (TPSA) is 88.5 Å². The SMILES string of the molecule is COc1ccc2c(c1OC)O[C@@H](O)C(=O)N2O. The van der Waals surface area contributed by atoms with Crippen LogP contribution in [0.2, 0.25) is 0 Å². The Labute approximate surface area is 96.7 Å². The zero-order valence-electron chi connectivity index (χ0n) is 9.21. The van der Waals surface area contributed by atoms with Crippen LogP contribution in [0.3, 0.4) is 0 Å². The molecule has 2 N–H and O–H groups in total. The minimum atomic E-state index is -1.77. The van der Waals surface area contributed by atoms with Crippen molar-refractivity contribution < 1.29 is 29.3 Å². The van der Waals surface area contributed by atoms with Gasteiger partial charge in [0.05, 0.1) is 14.2 Å². The van der Waals surface area contributed by atoms with Gasteiger partial charge in [0.25, 0.3) is 6.29 Å². The van der Waals surface area contributed by atoms with Gasteiger partial charge in [-0.1, -0.05) is 0 Å². The number of methoxy groups -OCH3 is 2. The average molecular weight is 241 g/mol. The van der Waals surface area contributed by atoms with E-state index in [0.717, 1.165) is 0 Å². The van der Waals surface area contributed by atoms with E-state index in [1.54, 1.807) is 0 Å². The Morgan fingerprint density at radius 3 is 2.65 bits per heavy atom. The number of hydrogen-bond donors (Lipinski definition) is 2. The summed E-state index contributed by atoms with van der Waals surface area (Å²) in [6.45, 7) is 0. The van der Waals surface area contributed by atoms with Gasteiger partial charge in [-0.05, 0) is 12.1 Å². The van der Waals surface area contributed by atoms with Crippen molar-refractivity contribution in [3.63, 3.8) is 0 Å². The molecule has 0 saturated heterocycles. The molecule has 0 saturated carbocycles. The molecule has 0 radical (unpaired) electrons. The maximum Gasteiger partial charge on any atom is 0.320 e. The molecule has 1 atom stereocenters. The summed E-state index contributed by atoms with van der Waals surface area (Å²) in [6.07, 6.45) is -1.77. The number of benzene rings is 1. The van der Waals surface area contributed by atoms with Crippen LogP contribution in [0.15, 0.2) is 12.1 Å². The molecule has 0 fully saturated rings. The molecule has 0 spiro atoms. The monoisotopic (exact) mass is 241 g/mol. The van der Waals surface area contributed by atoms with Crippen molar-refractivity contribution in [3.05, 3.63) is 12.1 Å². The molecule has 0 unspecified atom stereocenters. The van der Waals surface area contributed by atoms with Gasteiger partial charge >= 0.3 is 5.91 Å². The summed E-state index contributed by atoms with van der Waals surface area (Å²) in [5, 5.41) is 19.2. The second-order valence-corrected chi connectivity index (χ2v) is 3.27. The lowest BCUT2D eigenvalue weighted by Gasteiger charge is -2.28. The smallest absolute Gasteiger partial charge is 0.320 e. The molecule has 1 amide bonds. The average Bonchev–Trinajstić information content (AvgIpc) is 2.34. The molecular weight excluding hydrogens is 230 g/mol. The van der Waals surface area contributed by atoms with Crippen molar-refractivity contribution in [1.82, 2.24) is 0 Å². The van der Waals surface area contributed by atoms with Gasteiger partial charge in [-0.2, -0.15) is 5.06 Å². The Kier molecular flexibility index (Phi) is 2.78. The number of fused-ring (bicyclic) bond motifs is 1. The summed E-state index contributed by atoms with van der Waals surface area (Å²) >= 11 is 0. The third kappa shape index (κ3) is 1.65. The molecule has 1 heterocycles. The predicted molar refractivity (Wildman–Crippen MR) is 55.5 cm³/mol. The second-order valence-electron chi connectivity index (χ2n) is 3.27. The van der Waals surface area contributed by atoms with E-state index in [1.807, 2.05) is 0 Å². The molecule has 0 aromatic heterocycles. The van der Waals surface area contributed by atoms with Crippen LogP contribution in [-0.2, 0) is 4.79 Å². The van der Waals surface area contributed by atoms with Gasteiger partial charge in [0.15, 0.2) is 11.5 Å². The first kappa shape index (κ1) is 11.5. The van der Waals surface area contributed by atoms with Crippen LogP contribution in [0, 0.1) is 0 Å². The normalized spacial score (nSPS) is 18.5. The summed E-state index contributed by atoms with van der Waals surface area (Å²) in [5.74, 6) is -0.372. The van der Waals surface area contributed by atoms with Crippen molar-refractivity contribution >= 4 is 11.6 Å². The molecule has 7 heteroatoms. The highest BCUT2D eigenvalue weighted by Gasteiger charge is 2.35. The highest BCUT2D eigenvalue weighted by molar-refractivity contribution is 5.97. The number of rotatable bonds is 2. The van der Waals surface area contributed by atoms with Crippen LogP contribution in [0.25, 0.3) is 0 Å². The largest absolute Gasteiger partial charge is 0.493 e. The van der Waals surface area contributed by atoms with Crippen molar-refractivity contribution in [3.8, 4) is 17.2 Å². The quantitative estimate of drug-likeness (QED) is 0.716. The van der Waals surface area contributed by atoms with Crippen LogP contribution in [0.4, 0.5) is 5.69 Å². The lowest BCUT2D eigenvalue weighted by atomic mass is 10.2. The van der Waals surface area contributed by atoms with Gasteiger partial charge in [-0.3, -0.25) is 10.0 Å². The number of nitrogens with zero attached hydrogens (tertiary/aromatic N) is 1. The molecular formula is C10H11NO6. The van der Waals surface area contributed by atoms with E-state index in [-0.39, 0.29) is 17.2 Å². The molecule has 1 aliphatic rings. The second kappa shape index (κ2) is 4.11. The lowest BCUT2D eigenvalue weighted by Crippen LogP contribution is -2.44. The molecule has 7 nitrogen and oxygen atoms in total. The fourth-order valence-corrected chi connectivity index (χ4v) is 1.55. The standard InChI is InChI=1S/C10H11NO6/c1-15-6-4-3-5-7(8(6)16-2)17-10(13)9(12)11(5)14/h3-4,10,13-14H,1-2H3/t10-/m1/s1.